The molecule has 0 radical (unpaired) electrons. The molecule has 0 amide bonds. The standard InChI is InChI=1S/C28H19NS/c1-2-29-23-14-8-7-13-21(23)24-25-22-16-15-17-9-3-4-10-18(17)27(22)30-28(25)20-12-6-5-11-19(20)26(24)29/h3-16H,2H2,1H3. The van der Waals surface area contributed by atoms with Crippen molar-refractivity contribution in [2.24, 2.45) is 0 Å². The monoisotopic (exact) mass is 401 g/mol. The van der Waals surface area contributed by atoms with Crippen LogP contribution in [-0.2, 0) is 6.54 Å². The lowest BCUT2D eigenvalue weighted by atomic mass is 9.98. The van der Waals surface area contributed by atoms with E-state index in [0.29, 0.717) is 0 Å². The van der Waals surface area contributed by atoms with Gasteiger partial charge in [0, 0.05) is 53.8 Å². The van der Waals surface area contributed by atoms with Crippen LogP contribution >= 0.6 is 11.3 Å². The van der Waals surface area contributed by atoms with E-state index in [1.165, 1.54) is 63.5 Å². The van der Waals surface area contributed by atoms with Gasteiger partial charge in [0.25, 0.3) is 0 Å². The Morgan fingerprint density at radius 1 is 0.600 bits per heavy atom. The van der Waals surface area contributed by atoms with Crippen LogP contribution in [-0.4, -0.2) is 4.57 Å². The maximum atomic E-state index is 2.50. The molecular weight excluding hydrogens is 382 g/mol. The minimum atomic E-state index is 0.963. The first-order valence-corrected chi connectivity index (χ1v) is 11.3. The van der Waals surface area contributed by atoms with Crippen LogP contribution in [0, 0.1) is 0 Å². The van der Waals surface area contributed by atoms with E-state index in [2.05, 4.69) is 96.4 Å². The number of aromatic nitrogens is 1. The topological polar surface area (TPSA) is 4.93 Å². The first-order valence-electron chi connectivity index (χ1n) is 10.5. The van der Waals surface area contributed by atoms with Gasteiger partial charge in [-0.25, -0.2) is 0 Å². The number of hydrogen-bond donors (Lipinski definition) is 0. The summed E-state index contributed by atoms with van der Waals surface area (Å²) in [6.07, 6.45) is 0. The second kappa shape index (κ2) is 5.84. The zero-order valence-electron chi connectivity index (χ0n) is 16.6. The summed E-state index contributed by atoms with van der Waals surface area (Å²) in [5.74, 6) is 0. The third kappa shape index (κ3) is 1.92. The van der Waals surface area contributed by atoms with E-state index >= 15 is 0 Å². The Balaban J connectivity index is 1.90. The lowest BCUT2D eigenvalue weighted by Crippen LogP contribution is -1.93. The molecule has 0 N–H and O–H groups in total. The number of fused-ring (bicyclic) bond motifs is 12. The summed E-state index contributed by atoms with van der Waals surface area (Å²) >= 11 is 1.95. The number of aryl methyl sites for hydroxylation is 1. The second-order valence-corrected chi connectivity index (χ2v) is 9.02. The Hall–Kier alpha value is -3.36. The number of para-hydroxylation sites is 1. The number of benzene rings is 5. The number of nitrogens with zero attached hydrogens (tertiary/aromatic N) is 1. The summed E-state index contributed by atoms with van der Waals surface area (Å²) in [5, 5.41) is 10.9. The molecule has 0 aliphatic heterocycles. The van der Waals surface area contributed by atoms with Crippen molar-refractivity contribution in [3.63, 3.8) is 0 Å². The highest BCUT2D eigenvalue weighted by molar-refractivity contribution is 7.27. The Morgan fingerprint density at radius 2 is 1.30 bits per heavy atom. The molecule has 0 aliphatic rings. The van der Waals surface area contributed by atoms with Gasteiger partial charge in [0.15, 0.2) is 0 Å². The summed E-state index contributed by atoms with van der Waals surface area (Å²) < 4.78 is 5.30. The van der Waals surface area contributed by atoms with E-state index in [0.717, 1.165) is 6.54 Å². The molecule has 142 valence electrons. The SMILES string of the molecule is CCn1c2ccccc2c2c3c4ccc5ccccc5c4sc3c3ccccc3c21. The van der Waals surface area contributed by atoms with Gasteiger partial charge >= 0.3 is 0 Å². The fourth-order valence-corrected chi connectivity index (χ4v) is 6.70. The Labute approximate surface area is 177 Å². The molecule has 5 aromatic carbocycles. The molecule has 0 saturated heterocycles. The van der Waals surface area contributed by atoms with Crippen molar-refractivity contribution in [1.82, 2.24) is 4.57 Å². The molecule has 0 fully saturated rings. The van der Waals surface area contributed by atoms with Gasteiger partial charge < -0.3 is 4.57 Å². The van der Waals surface area contributed by atoms with Crippen molar-refractivity contribution in [2.75, 3.05) is 0 Å². The van der Waals surface area contributed by atoms with Gasteiger partial charge in [0.1, 0.15) is 0 Å². The first-order chi connectivity index (χ1) is 14.9. The van der Waals surface area contributed by atoms with Crippen molar-refractivity contribution in [2.45, 2.75) is 13.5 Å². The van der Waals surface area contributed by atoms with E-state index in [1.54, 1.807) is 0 Å². The van der Waals surface area contributed by atoms with E-state index in [1.807, 2.05) is 11.3 Å². The minimum absolute atomic E-state index is 0.963. The van der Waals surface area contributed by atoms with Crippen molar-refractivity contribution >= 4 is 74.9 Å². The molecular formula is C28H19NS. The van der Waals surface area contributed by atoms with E-state index in [4.69, 9.17) is 0 Å². The fraction of sp³-hybridized carbons (Fsp3) is 0.0714. The summed E-state index contributed by atoms with van der Waals surface area (Å²) in [6.45, 7) is 3.22. The molecule has 2 aromatic heterocycles. The van der Waals surface area contributed by atoms with Crippen LogP contribution in [0.4, 0.5) is 0 Å². The first kappa shape index (κ1) is 16.4. The molecule has 0 atom stereocenters. The fourth-order valence-electron chi connectivity index (χ4n) is 5.32. The van der Waals surface area contributed by atoms with Crippen molar-refractivity contribution in [3.05, 3.63) is 84.9 Å². The predicted octanol–water partition coefficient (Wildman–Crippen LogP) is 8.49. The minimum Gasteiger partial charge on any atom is -0.340 e. The average Bonchev–Trinajstić information content (AvgIpc) is 3.35. The molecule has 30 heavy (non-hydrogen) atoms. The van der Waals surface area contributed by atoms with Crippen LogP contribution < -0.4 is 0 Å². The Kier molecular flexibility index (Phi) is 3.20. The van der Waals surface area contributed by atoms with Crippen LogP contribution in [0.25, 0.3) is 63.5 Å². The lowest BCUT2D eigenvalue weighted by Gasteiger charge is -2.08. The zero-order chi connectivity index (χ0) is 19.8. The maximum Gasteiger partial charge on any atom is 0.0578 e. The van der Waals surface area contributed by atoms with Crippen LogP contribution in [0.2, 0.25) is 0 Å². The highest BCUT2D eigenvalue weighted by Crippen LogP contribution is 2.48. The van der Waals surface area contributed by atoms with Crippen molar-refractivity contribution < 1.29 is 0 Å². The van der Waals surface area contributed by atoms with E-state index in [9.17, 15) is 0 Å². The Morgan fingerprint density at radius 3 is 2.13 bits per heavy atom. The van der Waals surface area contributed by atoms with Gasteiger partial charge in [-0.05, 0) is 23.8 Å². The van der Waals surface area contributed by atoms with Crippen LogP contribution in [0.5, 0.6) is 0 Å². The van der Waals surface area contributed by atoms with E-state index in [-0.39, 0.29) is 0 Å². The third-order valence-corrected chi connectivity index (χ3v) is 7.82. The van der Waals surface area contributed by atoms with Crippen LogP contribution in [0.1, 0.15) is 6.92 Å². The third-order valence-electron chi connectivity index (χ3n) is 6.54. The van der Waals surface area contributed by atoms with Gasteiger partial charge in [-0.3, -0.25) is 0 Å². The van der Waals surface area contributed by atoms with Gasteiger partial charge in [0.05, 0.1) is 5.52 Å². The molecule has 7 aromatic rings. The molecule has 7 rings (SSSR count). The summed E-state index contributed by atoms with van der Waals surface area (Å²) in [7, 11) is 0. The zero-order valence-corrected chi connectivity index (χ0v) is 17.5. The van der Waals surface area contributed by atoms with E-state index < -0.39 is 0 Å². The van der Waals surface area contributed by atoms with Gasteiger partial charge in [-0.15, -0.1) is 11.3 Å². The lowest BCUT2D eigenvalue weighted by molar-refractivity contribution is 0.829. The number of rotatable bonds is 1. The molecule has 1 nitrogen and oxygen atoms in total. The van der Waals surface area contributed by atoms with Gasteiger partial charge in [-0.1, -0.05) is 78.9 Å². The molecule has 0 saturated carbocycles. The molecule has 2 heteroatoms. The average molecular weight is 402 g/mol. The largest absolute Gasteiger partial charge is 0.340 e. The van der Waals surface area contributed by atoms with Gasteiger partial charge in [0.2, 0.25) is 0 Å². The maximum absolute atomic E-state index is 2.50. The predicted molar refractivity (Wildman–Crippen MR) is 133 cm³/mol. The smallest absolute Gasteiger partial charge is 0.0578 e. The van der Waals surface area contributed by atoms with Gasteiger partial charge in [-0.2, -0.15) is 0 Å². The molecule has 2 heterocycles. The number of thiophene rings is 1. The molecule has 0 bridgehead atoms. The highest BCUT2D eigenvalue weighted by Gasteiger charge is 2.20. The molecule has 0 spiro atoms. The summed E-state index contributed by atoms with van der Waals surface area (Å²) in [6, 6.07) is 31.2. The highest BCUT2D eigenvalue weighted by atomic mass is 32.1. The Bertz CT molecular complexity index is 1780. The molecule has 0 unspecified atom stereocenters. The summed E-state index contributed by atoms with van der Waals surface area (Å²) in [4.78, 5) is 0. The van der Waals surface area contributed by atoms with Crippen molar-refractivity contribution in [1.29, 1.82) is 0 Å². The quantitative estimate of drug-likeness (QED) is 0.260. The number of hydrogen-bond acceptors (Lipinski definition) is 1. The second-order valence-electron chi connectivity index (χ2n) is 8.00. The van der Waals surface area contributed by atoms with Crippen LogP contribution in [0.15, 0.2) is 84.9 Å². The normalized spacial score (nSPS) is 12.3. The summed E-state index contributed by atoms with van der Waals surface area (Å²) in [5.41, 5.74) is 2.70. The van der Waals surface area contributed by atoms with Crippen molar-refractivity contribution in [3.8, 4) is 0 Å². The van der Waals surface area contributed by atoms with Crippen LogP contribution in [0.3, 0.4) is 0 Å². The molecule has 0 aliphatic carbocycles.